The predicted molar refractivity (Wildman–Crippen MR) is 61.2 cm³/mol. The fraction of sp³-hybridized carbons (Fsp3) is 1.00. The Kier molecular flexibility index (Phi) is 4.07. The smallest absolute Gasteiger partial charge is 0.0226 e. The summed E-state index contributed by atoms with van der Waals surface area (Å²) in [7, 11) is 2.20. The third-order valence-corrected chi connectivity index (χ3v) is 3.61. The lowest BCUT2D eigenvalue weighted by atomic mass is 10.0. The lowest BCUT2D eigenvalue weighted by molar-refractivity contribution is 0.205. The molecule has 1 unspecified atom stereocenters. The first-order valence-corrected chi connectivity index (χ1v) is 6.21. The summed E-state index contributed by atoms with van der Waals surface area (Å²) in [5.41, 5.74) is 5.94. The molecule has 2 nitrogen and oxygen atoms in total. The standard InChI is InChI=1S/C10H22N2S/c1-10(2,11)8-12(3)9-5-4-6-13-7-9/h9H,4-8,11H2,1-3H3. The normalized spacial score (nSPS) is 25.2. The number of thioether (sulfide) groups is 1. The van der Waals surface area contributed by atoms with E-state index in [1.165, 1.54) is 24.3 Å². The van der Waals surface area contributed by atoms with Gasteiger partial charge in [-0.05, 0) is 39.5 Å². The Morgan fingerprint density at radius 1 is 1.54 bits per heavy atom. The van der Waals surface area contributed by atoms with E-state index in [2.05, 4.69) is 37.6 Å². The molecule has 0 aliphatic carbocycles. The summed E-state index contributed by atoms with van der Waals surface area (Å²) in [6.45, 7) is 5.19. The average molecular weight is 202 g/mol. The van der Waals surface area contributed by atoms with Crippen molar-refractivity contribution in [2.75, 3.05) is 25.1 Å². The molecule has 0 saturated carbocycles. The van der Waals surface area contributed by atoms with Gasteiger partial charge in [0.25, 0.3) is 0 Å². The number of likely N-dealkylation sites (N-methyl/N-ethyl adjacent to an activating group) is 1. The third-order valence-electron chi connectivity index (χ3n) is 2.42. The van der Waals surface area contributed by atoms with Crippen molar-refractivity contribution in [3.63, 3.8) is 0 Å². The van der Waals surface area contributed by atoms with Gasteiger partial charge in [0, 0.05) is 23.9 Å². The van der Waals surface area contributed by atoms with Gasteiger partial charge in [0.15, 0.2) is 0 Å². The van der Waals surface area contributed by atoms with Gasteiger partial charge in [-0.15, -0.1) is 0 Å². The topological polar surface area (TPSA) is 29.3 Å². The van der Waals surface area contributed by atoms with Gasteiger partial charge in [-0.2, -0.15) is 11.8 Å². The highest BCUT2D eigenvalue weighted by Crippen LogP contribution is 2.21. The Balaban J connectivity index is 2.33. The van der Waals surface area contributed by atoms with Gasteiger partial charge in [0.2, 0.25) is 0 Å². The second-order valence-corrected chi connectivity index (χ2v) is 5.92. The van der Waals surface area contributed by atoms with E-state index in [4.69, 9.17) is 5.73 Å². The highest BCUT2D eigenvalue weighted by atomic mass is 32.2. The van der Waals surface area contributed by atoms with Gasteiger partial charge in [-0.25, -0.2) is 0 Å². The Hall–Kier alpha value is 0.270. The maximum Gasteiger partial charge on any atom is 0.0226 e. The van der Waals surface area contributed by atoms with Gasteiger partial charge in [0.1, 0.15) is 0 Å². The second kappa shape index (κ2) is 4.67. The molecule has 1 rings (SSSR count). The van der Waals surface area contributed by atoms with E-state index < -0.39 is 0 Å². The van der Waals surface area contributed by atoms with E-state index in [1.54, 1.807) is 0 Å². The predicted octanol–water partition coefficient (Wildman–Crippen LogP) is 1.55. The molecule has 78 valence electrons. The van der Waals surface area contributed by atoms with Crippen LogP contribution in [0.4, 0.5) is 0 Å². The zero-order valence-corrected chi connectivity index (χ0v) is 9.86. The van der Waals surface area contributed by atoms with E-state index in [1.807, 2.05) is 0 Å². The number of hydrogen-bond donors (Lipinski definition) is 1. The molecule has 0 bridgehead atoms. The zero-order chi connectivity index (χ0) is 9.90. The van der Waals surface area contributed by atoms with Crippen molar-refractivity contribution in [3.8, 4) is 0 Å². The number of nitrogens with zero attached hydrogens (tertiary/aromatic N) is 1. The average Bonchev–Trinajstić information content (AvgIpc) is 2.03. The summed E-state index contributed by atoms with van der Waals surface area (Å²) >= 11 is 2.07. The number of hydrogen-bond acceptors (Lipinski definition) is 3. The maximum absolute atomic E-state index is 5.99. The monoisotopic (exact) mass is 202 g/mol. The van der Waals surface area contributed by atoms with E-state index in [-0.39, 0.29) is 5.54 Å². The quantitative estimate of drug-likeness (QED) is 0.753. The van der Waals surface area contributed by atoms with Gasteiger partial charge in [-0.1, -0.05) is 0 Å². The summed E-state index contributed by atoms with van der Waals surface area (Å²) in [5.74, 6) is 2.63. The van der Waals surface area contributed by atoms with E-state index >= 15 is 0 Å². The van der Waals surface area contributed by atoms with Crippen molar-refractivity contribution in [3.05, 3.63) is 0 Å². The van der Waals surface area contributed by atoms with Crippen LogP contribution in [0.25, 0.3) is 0 Å². The van der Waals surface area contributed by atoms with Crippen LogP contribution in [0.5, 0.6) is 0 Å². The fourth-order valence-electron chi connectivity index (χ4n) is 1.84. The SMILES string of the molecule is CN(CC(C)(C)N)C1CCCSC1. The van der Waals surface area contributed by atoms with Crippen LogP contribution in [0.1, 0.15) is 26.7 Å². The number of nitrogens with two attached hydrogens (primary N) is 1. The van der Waals surface area contributed by atoms with Crippen LogP contribution in [0.2, 0.25) is 0 Å². The van der Waals surface area contributed by atoms with Crippen molar-refractivity contribution >= 4 is 11.8 Å². The minimum Gasteiger partial charge on any atom is -0.324 e. The minimum atomic E-state index is -0.0587. The molecule has 0 spiro atoms. The largest absolute Gasteiger partial charge is 0.324 e. The Morgan fingerprint density at radius 2 is 2.23 bits per heavy atom. The van der Waals surface area contributed by atoms with Crippen molar-refractivity contribution in [1.82, 2.24) is 4.90 Å². The van der Waals surface area contributed by atoms with Crippen molar-refractivity contribution in [2.45, 2.75) is 38.3 Å². The molecule has 1 saturated heterocycles. The molecule has 1 aliphatic rings. The van der Waals surface area contributed by atoms with Crippen molar-refractivity contribution in [2.24, 2.45) is 5.73 Å². The van der Waals surface area contributed by atoms with Gasteiger partial charge >= 0.3 is 0 Å². The van der Waals surface area contributed by atoms with E-state index in [0.717, 1.165) is 12.6 Å². The lowest BCUT2D eigenvalue weighted by Gasteiger charge is -2.35. The molecule has 1 atom stereocenters. The Labute approximate surface area is 86.2 Å². The Bertz CT molecular complexity index is 147. The van der Waals surface area contributed by atoms with Crippen LogP contribution in [-0.2, 0) is 0 Å². The first-order chi connectivity index (χ1) is 5.99. The summed E-state index contributed by atoms with van der Waals surface area (Å²) in [6.07, 6.45) is 2.71. The van der Waals surface area contributed by atoms with E-state index in [9.17, 15) is 0 Å². The molecule has 2 N–H and O–H groups in total. The first kappa shape index (κ1) is 11.3. The highest BCUT2D eigenvalue weighted by molar-refractivity contribution is 7.99. The molecule has 0 aromatic carbocycles. The van der Waals surface area contributed by atoms with E-state index in [0.29, 0.717) is 0 Å². The Morgan fingerprint density at radius 3 is 2.69 bits per heavy atom. The molecule has 0 aromatic rings. The molecule has 1 heterocycles. The van der Waals surface area contributed by atoms with Crippen LogP contribution in [0.15, 0.2) is 0 Å². The lowest BCUT2D eigenvalue weighted by Crippen LogP contribution is -2.48. The zero-order valence-electron chi connectivity index (χ0n) is 9.05. The fourth-order valence-corrected chi connectivity index (χ4v) is 3.07. The van der Waals surface area contributed by atoms with Crippen LogP contribution in [-0.4, -0.2) is 41.6 Å². The molecular formula is C10H22N2S. The van der Waals surface area contributed by atoms with Crippen molar-refractivity contribution in [1.29, 1.82) is 0 Å². The maximum atomic E-state index is 5.99. The second-order valence-electron chi connectivity index (χ2n) is 4.77. The molecule has 0 aromatic heterocycles. The van der Waals surface area contributed by atoms with Gasteiger partial charge < -0.3 is 10.6 Å². The van der Waals surface area contributed by atoms with Crippen LogP contribution in [0.3, 0.4) is 0 Å². The third kappa shape index (κ3) is 4.34. The summed E-state index contributed by atoms with van der Waals surface area (Å²) < 4.78 is 0. The molecule has 0 radical (unpaired) electrons. The molecule has 0 amide bonds. The molecule has 13 heavy (non-hydrogen) atoms. The summed E-state index contributed by atoms with van der Waals surface area (Å²) in [4.78, 5) is 2.42. The summed E-state index contributed by atoms with van der Waals surface area (Å²) in [6, 6.07) is 0.751. The molecule has 1 aliphatic heterocycles. The molecular weight excluding hydrogens is 180 g/mol. The van der Waals surface area contributed by atoms with Gasteiger partial charge in [-0.3, -0.25) is 0 Å². The van der Waals surface area contributed by atoms with Crippen molar-refractivity contribution < 1.29 is 0 Å². The van der Waals surface area contributed by atoms with Crippen LogP contribution < -0.4 is 5.73 Å². The van der Waals surface area contributed by atoms with Crippen LogP contribution >= 0.6 is 11.8 Å². The van der Waals surface area contributed by atoms with Gasteiger partial charge in [0.05, 0.1) is 0 Å². The molecule has 1 fully saturated rings. The first-order valence-electron chi connectivity index (χ1n) is 5.06. The molecule has 3 heteroatoms. The summed E-state index contributed by atoms with van der Waals surface area (Å²) in [5, 5.41) is 0. The highest BCUT2D eigenvalue weighted by Gasteiger charge is 2.22. The van der Waals surface area contributed by atoms with Crippen LogP contribution in [0, 0.1) is 0 Å². The number of rotatable bonds is 3. The minimum absolute atomic E-state index is 0.0587.